The number of nitrogens with zero attached hydrogens (tertiary/aromatic N) is 1. The molecule has 0 aliphatic carbocycles. The molecule has 1 unspecified atom stereocenters. The number of likely N-dealkylation sites (tertiary alicyclic amines) is 1. The molecular weight excluding hydrogens is 326 g/mol. The first kappa shape index (κ1) is 18.6. The molecule has 1 aromatic rings. The van der Waals surface area contributed by atoms with E-state index in [1.807, 2.05) is 0 Å². The Balaban J connectivity index is 2.33. The Hall–Kier alpha value is -2.70. The minimum Gasteiger partial charge on any atom is -0.423 e. The number of benzene rings is 1. The lowest BCUT2D eigenvalue weighted by Crippen LogP contribution is -2.47. The molecule has 134 valence electrons. The quantitative estimate of drug-likeness (QED) is 0.612. The number of esters is 2. The van der Waals surface area contributed by atoms with Gasteiger partial charge in [0, 0.05) is 26.0 Å². The lowest BCUT2D eigenvalue weighted by Gasteiger charge is -2.34. The number of piperidine rings is 1. The van der Waals surface area contributed by atoms with Crippen molar-refractivity contribution in [3.8, 4) is 11.5 Å². The van der Waals surface area contributed by atoms with Crippen molar-refractivity contribution in [1.82, 2.24) is 4.90 Å². The highest BCUT2D eigenvalue weighted by atomic mass is 16.6. The third-order valence-electron chi connectivity index (χ3n) is 3.93. The SMILES string of the molecule is CC(=O)Oc1ccc(C(=O)N2CCCCC2C(C)=O)cc1OC(C)=O. The Labute approximate surface area is 145 Å². The van der Waals surface area contributed by atoms with E-state index in [-0.39, 0.29) is 28.8 Å². The van der Waals surface area contributed by atoms with Gasteiger partial charge in [0.2, 0.25) is 0 Å². The number of Topliss-reactive ketones (excluding diaryl/α,β-unsaturated/α-hetero) is 1. The molecule has 25 heavy (non-hydrogen) atoms. The van der Waals surface area contributed by atoms with Crippen LogP contribution in [0.25, 0.3) is 0 Å². The van der Waals surface area contributed by atoms with E-state index in [1.54, 1.807) is 4.90 Å². The summed E-state index contributed by atoms with van der Waals surface area (Å²) in [4.78, 5) is 48.6. The Bertz CT molecular complexity index is 712. The van der Waals surface area contributed by atoms with E-state index in [9.17, 15) is 19.2 Å². The second kappa shape index (κ2) is 7.92. The van der Waals surface area contributed by atoms with Crippen LogP contribution in [0.15, 0.2) is 18.2 Å². The summed E-state index contributed by atoms with van der Waals surface area (Å²) in [5.74, 6) is -1.49. The molecule has 0 saturated carbocycles. The van der Waals surface area contributed by atoms with Crippen LogP contribution in [0.1, 0.15) is 50.4 Å². The van der Waals surface area contributed by atoms with E-state index in [4.69, 9.17) is 9.47 Å². The van der Waals surface area contributed by atoms with Gasteiger partial charge < -0.3 is 14.4 Å². The summed E-state index contributed by atoms with van der Waals surface area (Å²) >= 11 is 0. The number of carbonyl (C=O) groups excluding carboxylic acids is 4. The van der Waals surface area contributed by atoms with Crippen LogP contribution in [-0.2, 0) is 14.4 Å². The fourth-order valence-corrected chi connectivity index (χ4v) is 2.88. The van der Waals surface area contributed by atoms with Crippen molar-refractivity contribution in [2.24, 2.45) is 0 Å². The second-order valence-electron chi connectivity index (χ2n) is 5.97. The summed E-state index contributed by atoms with van der Waals surface area (Å²) in [5.41, 5.74) is 0.264. The Morgan fingerprint density at radius 1 is 0.960 bits per heavy atom. The molecule has 0 spiro atoms. The van der Waals surface area contributed by atoms with E-state index in [1.165, 1.54) is 39.0 Å². The van der Waals surface area contributed by atoms with Crippen molar-refractivity contribution in [2.75, 3.05) is 6.54 Å². The first-order valence-electron chi connectivity index (χ1n) is 8.12. The van der Waals surface area contributed by atoms with Crippen molar-refractivity contribution >= 4 is 23.6 Å². The molecule has 1 aromatic carbocycles. The van der Waals surface area contributed by atoms with Crippen molar-refractivity contribution in [3.63, 3.8) is 0 Å². The van der Waals surface area contributed by atoms with Gasteiger partial charge in [0.15, 0.2) is 17.3 Å². The molecule has 1 heterocycles. The number of hydrogen-bond acceptors (Lipinski definition) is 6. The zero-order valence-electron chi connectivity index (χ0n) is 14.5. The highest BCUT2D eigenvalue weighted by Crippen LogP contribution is 2.30. The predicted octanol–water partition coefficient (Wildman–Crippen LogP) is 2.12. The first-order valence-corrected chi connectivity index (χ1v) is 8.12. The Morgan fingerprint density at radius 3 is 2.20 bits per heavy atom. The maximum Gasteiger partial charge on any atom is 0.308 e. The molecule has 1 saturated heterocycles. The van der Waals surface area contributed by atoms with Crippen LogP contribution in [0.5, 0.6) is 11.5 Å². The number of carbonyl (C=O) groups is 4. The van der Waals surface area contributed by atoms with Gasteiger partial charge in [-0.2, -0.15) is 0 Å². The van der Waals surface area contributed by atoms with E-state index < -0.39 is 18.0 Å². The van der Waals surface area contributed by atoms with Gasteiger partial charge in [0.25, 0.3) is 5.91 Å². The first-order chi connectivity index (χ1) is 11.8. The zero-order chi connectivity index (χ0) is 18.6. The molecule has 0 aromatic heterocycles. The molecule has 7 heteroatoms. The van der Waals surface area contributed by atoms with Gasteiger partial charge in [-0.15, -0.1) is 0 Å². The largest absolute Gasteiger partial charge is 0.423 e. The molecule has 1 aliphatic heterocycles. The monoisotopic (exact) mass is 347 g/mol. The summed E-state index contributed by atoms with van der Waals surface area (Å²) in [6.07, 6.45) is 2.37. The van der Waals surface area contributed by atoms with Crippen LogP contribution in [-0.4, -0.2) is 41.1 Å². The minimum atomic E-state index is -0.599. The zero-order valence-corrected chi connectivity index (χ0v) is 14.5. The fourth-order valence-electron chi connectivity index (χ4n) is 2.88. The molecule has 0 radical (unpaired) electrons. The van der Waals surface area contributed by atoms with Gasteiger partial charge in [-0.05, 0) is 44.4 Å². The molecule has 0 bridgehead atoms. The molecule has 1 amide bonds. The standard InChI is InChI=1S/C18H21NO6/c1-11(20)15-6-4-5-9-19(15)18(23)14-7-8-16(24-12(2)21)17(10-14)25-13(3)22/h7-8,10,15H,4-6,9H2,1-3H3. The highest BCUT2D eigenvalue weighted by molar-refractivity contribution is 5.98. The lowest BCUT2D eigenvalue weighted by molar-refractivity contribution is -0.134. The van der Waals surface area contributed by atoms with E-state index in [2.05, 4.69) is 0 Å². The van der Waals surface area contributed by atoms with E-state index in [0.717, 1.165) is 12.8 Å². The van der Waals surface area contributed by atoms with E-state index >= 15 is 0 Å². The molecule has 2 rings (SSSR count). The van der Waals surface area contributed by atoms with Gasteiger partial charge in [0.1, 0.15) is 0 Å². The summed E-state index contributed by atoms with van der Waals surface area (Å²) < 4.78 is 10.0. The maximum atomic E-state index is 12.8. The summed E-state index contributed by atoms with van der Waals surface area (Å²) in [7, 11) is 0. The van der Waals surface area contributed by atoms with Gasteiger partial charge in [-0.25, -0.2) is 0 Å². The maximum absolute atomic E-state index is 12.8. The van der Waals surface area contributed by atoms with Crippen LogP contribution in [0.4, 0.5) is 0 Å². The smallest absolute Gasteiger partial charge is 0.308 e. The van der Waals surface area contributed by atoms with Crippen molar-refractivity contribution in [2.45, 2.75) is 46.1 Å². The normalized spacial score (nSPS) is 16.9. The number of ketones is 1. The number of rotatable bonds is 4. The van der Waals surface area contributed by atoms with Crippen LogP contribution < -0.4 is 9.47 Å². The van der Waals surface area contributed by atoms with Crippen molar-refractivity contribution < 1.29 is 28.7 Å². The number of hydrogen-bond donors (Lipinski definition) is 0. The number of ether oxygens (including phenoxy) is 2. The Morgan fingerprint density at radius 2 is 1.60 bits per heavy atom. The average molecular weight is 347 g/mol. The summed E-state index contributed by atoms with van der Waals surface area (Å²) in [6, 6.07) is 3.80. The predicted molar refractivity (Wildman–Crippen MR) is 88.4 cm³/mol. The third kappa shape index (κ3) is 4.65. The van der Waals surface area contributed by atoms with E-state index in [0.29, 0.717) is 13.0 Å². The molecule has 1 fully saturated rings. The van der Waals surface area contributed by atoms with Crippen LogP contribution >= 0.6 is 0 Å². The molecular formula is C18H21NO6. The molecule has 7 nitrogen and oxygen atoms in total. The van der Waals surface area contributed by atoms with Gasteiger partial charge >= 0.3 is 11.9 Å². The van der Waals surface area contributed by atoms with Gasteiger partial charge in [-0.1, -0.05) is 0 Å². The van der Waals surface area contributed by atoms with Gasteiger partial charge in [0.05, 0.1) is 6.04 Å². The van der Waals surface area contributed by atoms with Crippen LogP contribution in [0.3, 0.4) is 0 Å². The fraction of sp³-hybridized carbons (Fsp3) is 0.444. The van der Waals surface area contributed by atoms with Gasteiger partial charge in [-0.3, -0.25) is 19.2 Å². The topological polar surface area (TPSA) is 90.0 Å². The second-order valence-corrected chi connectivity index (χ2v) is 5.97. The lowest BCUT2D eigenvalue weighted by atomic mass is 9.98. The summed E-state index contributed by atoms with van der Waals surface area (Å²) in [6.45, 7) is 4.41. The van der Waals surface area contributed by atoms with Crippen molar-refractivity contribution in [1.29, 1.82) is 0 Å². The molecule has 1 atom stereocenters. The average Bonchev–Trinajstić information content (AvgIpc) is 2.54. The van der Waals surface area contributed by atoms with Crippen molar-refractivity contribution in [3.05, 3.63) is 23.8 Å². The van der Waals surface area contributed by atoms with Crippen LogP contribution in [0.2, 0.25) is 0 Å². The third-order valence-corrected chi connectivity index (χ3v) is 3.93. The highest BCUT2D eigenvalue weighted by Gasteiger charge is 2.31. The van der Waals surface area contributed by atoms with Crippen LogP contribution in [0, 0.1) is 0 Å². The molecule has 1 aliphatic rings. The summed E-state index contributed by atoms with van der Waals surface area (Å²) in [5, 5.41) is 0. The number of amides is 1. The Kier molecular flexibility index (Phi) is 5.90. The molecule has 0 N–H and O–H groups in total. The minimum absolute atomic E-state index is 0.00932.